The van der Waals surface area contributed by atoms with Gasteiger partial charge in [-0.1, -0.05) is 194 Å². The van der Waals surface area contributed by atoms with Crippen LogP contribution in [0.4, 0.5) is 0 Å². The van der Waals surface area contributed by atoms with Crippen LogP contribution in [0.3, 0.4) is 0 Å². The van der Waals surface area contributed by atoms with Crippen molar-refractivity contribution in [1.29, 1.82) is 0 Å². The molecule has 0 spiro atoms. The van der Waals surface area contributed by atoms with Gasteiger partial charge in [-0.3, -0.25) is 0 Å². The highest BCUT2D eigenvalue weighted by atomic mass is 33.7. The lowest BCUT2D eigenvalue weighted by atomic mass is 9.90. The summed E-state index contributed by atoms with van der Waals surface area (Å²) in [6.07, 6.45) is 37.8. The molecule has 0 saturated heterocycles. The van der Waals surface area contributed by atoms with Crippen LogP contribution in [0.1, 0.15) is 324 Å². The number of hydrogen-bond donors (Lipinski definition) is 0. The minimum Gasteiger partial charge on any atom is -0.373 e. The van der Waals surface area contributed by atoms with Gasteiger partial charge in [-0.15, -0.1) is 0 Å². The minimum absolute atomic E-state index is 0.205. The van der Waals surface area contributed by atoms with Gasteiger partial charge in [0.25, 0.3) is 0 Å². The molecule has 8 fully saturated rings. The van der Waals surface area contributed by atoms with Gasteiger partial charge in [-0.25, -0.2) is 0 Å². The molecule has 0 N–H and O–H groups in total. The lowest BCUT2D eigenvalue weighted by Crippen LogP contribution is -2.65. The predicted octanol–water partition coefficient (Wildman–Crippen LogP) is 31.4. The van der Waals surface area contributed by atoms with Crippen molar-refractivity contribution < 1.29 is 53.1 Å². The third kappa shape index (κ3) is 27.1. The normalized spacial score (nSPS) is 28.6. The molecule has 0 aromatic heterocycles. The number of rotatable bonds is 68. The summed E-state index contributed by atoms with van der Waals surface area (Å²) in [6.45, 7) is 50.0. The molecule has 16 unspecified atom stereocenters. The Labute approximate surface area is 762 Å². The first kappa shape index (κ1) is 105. The quantitative estimate of drug-likeness (QED) is 0.0249. The molecule has 0 aromatic rings. The van der Waals surface area contributed by atoms with Crippen molar-refractivity contribution in [2.75, 3.05) is 79.3 Å². The first-order chi connectivity index (χ1) is 55.1. The van der Waals surface area contributed by atoms with Gasteiger partial charge in [0.05, 0.1) is 4.24 Å². The van der Waals surface area contributed by atoms with Gasteiger partial charge in [-0.2, -0.15) is 0 Å². The summed E-state index contributed by atoms with van der Waals surface area (Å²) in [4.78, 5) is 2.88. The SMILES string of the molecule is CCO[Si](OCC)(OCC)C1(SSSSC(CC(C)CCCC(C)CCCCC(C)CCCC(C)CCCC(C)C)=C(SSSSC2([Si](OCC)(OCC)OCC)CC3CCC2C3)C(C)=C(SSSSC2([Si](OCC)(OCC)OCC)CC3CCC2C3)SSSSC2([Si](OCC)(OCC)OCC)CC3CCC2C3)CC2CCC1C2. The Hall–Kier alpha value is 5.47. The van der Waals surface area contributed by atoms with Crippen LogP contribution in [0, 0.1) is 76.9 Å². The second kappa shape index (κ2) is 53.7. The Bertz CT molecular complexity index is 2660. The van der Waals surface area contributed by atoms with Gasteiger partial charge < -0.3 is 53.1 Å². The zero-order valence-electron chi connectivity index (χ0n) is 73.6. The monoisotopic (exact) mass is 1950 g/mol. The summed E-state index contributed by atoms with van der Waals surface area (Å²) in [7, 11) is 19.2. The molecule has 0 heterocycles. The van der Waals surface area contributed by atoms with E-state index >= 15 is 0 Å². The zero-order chi connectivity index (χ0) is 82.3. The number of allylic oxidation sites excluding steroid dienone is 2. The van der Waals surface area contributed by atoms with E-state index in [2.05, 4.69) is 153 Å². The molecule has 666 valence electrons. The van der Waals surface area contributed by atoms with Crippen LogP contribution in [0.15, 0.2) is 19.6 Å². The van der Waals surface area contributed by atoms with Crippen molar-refractivity contribution in [2.24, 2.45) is 76.9 Å². The molecule has 0 aliphatic heterocycles. The topological polar surface area (TPSA) is 111 Å². The van der Waals surface area contributed by atoms with E-state index < -0.39 is 35.2 Å². The second-order valence-electron chi connectivity index (χ2n) is 34.3. The molecule has 16 atom stereocenters. The van der Waals surface area contributed by atoms with Crippen LogP contribution in [0.5, 0.6) is 0 Å². The highest BCUT2D eigenvalue weighted by Gasteiger charge is 2.74. The molecule has 114 heavy (non-hydrogen) atoms. The lowest BCUT2D eigenvalue weighted by Gasteiger charge is -2.46. The molecular weight excluding hydrogens is 1800 g/mol. The van der Waals surface area contributed by atoms with E-state index in [0.29, 0.717) is 133 Å². The largest absolute Gasteiger partial charge is 0.519 e. The number of unbranched alkanes of at least 4 members (excludes halogenated alkanes) is 1. The van der Waals surface area contributed by atoms with Crippen LogP contribution < -0.4 is 0 Å². The lowest BCUT2D eigenvalue weighted by molar-refractivity contribution is 0.0494. The van der Waals surface area contributed by atoms with Crippen LogP contribution in [0.25, 0.3) is 0 Å². The van der Waals surface area contributed by atoms with E-state index in [1.807, 2.05) is 143 Å². The maximum Gasteiger partial charge on any atom is 0.519 e. The Balaban J connectivity index is 1.17. The Morgan fingerprint density at radius 2 is 0.544 bits per heavy atom. The van der Waals surface area contributed by atoms with Crippen molar-refractivity contribution in [3.63, 3.8) is 0 Å². The van der Waals surface area contributed by atoms with Crippen molar-refractivity contribution in [3.05, 3.63) is 19.6 Å². The van der Waals surface area contributed by atoms with Crippen molar-refractivity contribution in [1.82, 2.24) is 0 Å². The molecular formula is C82H154O12S16Si4. The third-order valence-electron chi connectivity index (χ3n) is 25.9. The van der Waals surface area contributed by atoms with Gasteiger partial charge in [0.1, 0.15) is 17.5 Å². The molecule has 8 bridgehead atoms. The van der Waals surface area contributed by atoms with E-state index in [1.165, 1.54) is 180 Å². The first-order valence-electron chi connectivity index (χ1n) is 45.0. The van der Waals surface area contributed by atoms with Gasteiger partial charge in [0.15, 0.2) is 0 Å². The fourth-order valence-corrected chi connectivity index (χ4v) is 76.3. The molecule has 0 aromatic carbocycles. The highest BCUT2D eigenvalue weighted by Crippen LogP contribution is 2.73. The average Bonchev–Trinajstić information content (AvgIpc) is 1.57. The number of fused-ring (bicyclic) bond motifs is 8. The third-order valence-corrected chi connectivity index (χ3v) is 74.8. The van der Waals surface area contributed by atoms with Gasteiger partial charge >= 0.3 is 35.2 Å². The van der Waals surface area contributed by atoms with Crippen LogP contribution in [-0.2, 0) is 53.1 Å². The Morgan fingerprint density at radius 3 is 0.789 bits per heavy atom. The fraction of sp³-hybridized carbons (Fsp3) is 0.951. The fourth-order valence-electron chi connectivity index (χ4n) is 21.0. The standard InChI is InChI=1S/C82H154O12S16Si4/c1-20-83-111(84-21-2,85-22-3)79(58-68-45-49-72(79)54-68)99-107-103-95-76(53-66(18)44-36-43-64(16)39-33-32-38-63(15)41-35-42-65(17)40-34-37-62(13)14)77(96-104-108-100-80(59-69-46-50-73(80)55-69)112(86-23-4,87-24-5)88-25-6)67(19)78(97-105-109-101-81(60-70-47-51-74(81)56-70)113(89-26-7,90-27-8)91-28-9)98-106-110-102-82(61-71-48-52-75(82)57-71)114(92-29-10,93-30-11)94-31-12/h62-66,68-75H,20-61H2,1-19H3. The molecule has 32 heteroatoms. The molecule has 8 aliphatic carbocycles. The van der Waals surface area contributed by atoms with Gasteiger partial charge in [0.2, 0.25) is 0 Å². The van der Waals surface area contributed by atoms with Crippen molar-refractivity contribution in [2.45, 2.75) is 342 Å². The Kier molecular flexibility index (Phi) is 49.4. The van der Waals surface area contributed by atoms with E-state index in [4.69, 9.17) is 53.1 Å². The van der Waals surface area contributed by atoms with Crippen molar-refractivity contribution >= 4 is 200 Å². The van der Waals surface area contributed by atoms with Crippen molar-refractivity contribution in [3.8, 4) is 0 Å². The molecule has 0 radical (unpaired) electrons. The van der Waals surface area contributed by atoms with Crippen LogP contribution in [0.2, 0.25) is 0 Å². The van der Waals surface area contributed by atoms with Crippen LogP contribution >= 0.6 is 165 Å². The van der Waals surface area contributed by atoms with E-state index in [9.17, 15) is 0 Å². The molecule has 8 saturated carbocycles. The molecule has 8 aliphatic rings. The summed E-state index contributed by atoms with van der Waals surface area (Å²) < 4.78 is 84.4. The number of hydrogen-bond acceptors (Lipinski definition) is 28. The van der Waals surface area contributed by atoms with Gasteiger partial charge in [-0.05, 0) is 378 Å². The maximum absolute atomic E-state index is 7.02. The zero-order valence-corrected chi connectivity index (χ0v) is 90.7. The summed E-state index contributed by atoms with van der Waals surface area (Å²) in [5, 5.41) is 0. The van der Waals surface area contributed by atoms with Crippen LogP contribution in [-0.4, -0.2) is 132 Å². The highest BCUT2D eigenvalue weighted by molar-refractivity contribution is 9.30. The van der Waals surface area contributed by atoms with E-state index in [1.54, 1.807) is 0 Å². The summed E-state index contributed by atoms with van der Waals surface area (Å²) in [5.74, 6) is 8.43. The maximum atomic E-state index is 7.02. The molecule has 12 nitrogen and oxygen atoms in total. The second-order valence-corrected chi connectivity index (χ2v) is 71.6. The summed E-state index contributed by atoms with van der Waals surface area (Å²) >= 11 is 0. The predicted molar refractivity (Wildman–Crippen MR) is 533 cm³/mol. The summed E-state index contributed by atoms with van der Waals surface area (Å²) in [6, 6.07) is 0. The average molecular weight is 1960 g/mol. The molecule has 0 amide bonds. The van der Waals surface area contributed by atoms with E-state index in [-0.39, 0.29) is 17.5 Å². The summed E-state index contributed by atoms with van der Waals surface area (Å²) in [5.41, 5.74) is 1.36. The van der Waals surface area contributed by atoms with E-state index in [0.717, 1.165) is 55.8 Å². The van der Waals surface area contributed by atoms with Gasteiger partial charge in [0, 0.05) is 89.1 Å². The minimum atomic E-state index is -3.18. The Morgan fingerprint density at radius 1 is 0.298 bits per heavy atom. The molecule has 8 rings (SSSR count). The smallest absolute Gasteiger partial charge is 0.373 e. The first-order valence-corrected chi connectivity index (χ1v) is 71.2.